The molecule has 2 unspecified atom stereocenters. The molecule has 1 heterocycles. The van der Waals surface area contributed by atoms with E-state index in [9.17, 15) is 24.3 Å². The van der Waals surface area contributed by atoms with E-state index in [0.717, 1.165) is 0 Å². The molecule has 1 aliphatic heterocycles. The molecule has 1 aromatic rings. The first-order valence-electron chi connectivity index (χ1n) is 11.6. The predicted molar refractivity (Wildman–Crippen MR) is 130 cm³/mol. The fourth-order valence-corrected chi connectivity index (χ4v) is 3.92. The van der Waals surface area contributed by atoms with Crippen molar-refractivity contribution >= 4 is 29.6 Å². The molecule has 12 heteroatoms. The minimum absolute atomic E-state index is 0.0396. The van der Waals surface area contributed by atoms with E-state index in [1.54, 1.807) is 18.2 Å². The number of guanidine groups is 1. The van der Waals surface area contributed by atoms with Crippen molar-refractivity contribution in [2.75, 3.05) is 19.6 Å². The van der Waals surface area contributed by atoms with Crippen LogP contribution >= 0.6 is 0 Å². The number of phenols is 1. The van der Waals surface area contributed by atoms with Gasteiger partial charge in [-0.25, -0.2) is 0 Å². The first-order valence-corrected chi connectivity index (χ1v) is 11.6. The number of amides is 4. The lowest BCUT2D eigenvalue weighted by Gasteiger charge is -2.31. The minimum Gasteiger partial charge on any atom is -0.508 e. The number of aliphatic imine (C=N–C) groups is 1. The van der Waals surface area contributed by atoms with E-state index < -0.39 is 30.4 Å². The summed E-state index contributed by atoms with van der Waals surface area (Å²) in [5, 5.41) is 15.8. The average Bonchev–Trinajstić information content (AvgIpc) is 2.79. The molecule has 0 spiro atoms. The van der Waals surface area contributed by atoms with Crippen LogP contribution < -0.4 is 27.8 Å². The van der Waals surface area contributed by atoms with Crippen LogP contribution in [0.15, 0.2) is 29.3 Å². The number of phenolic OH excluding ortho intramolecular Hbond substituents is 1. The molecule has 35 heavy (non-hydrogen) atoms. The molecular formula is C23H35N7O5. The monoisotopic (exact) mass is 489 g/mol. The first kappa shape index (κ1) is 27.4. The third kappa shape index (κ3) is 9.90. The van der Waals surface area contributed by atoms with Gasteiger partial charge in [0.2, 0.25) is 23.6 Å². The number of benzene rings is 1. The molecular weight excluding hydrogens is 454 g/mol. The Labute approximate surface area is 204 Å². The Morgan fingerprint density at radius 3 is 2.34 bits per heavy atom. The third-order valence-electron chi connectivity index (χ3n) is 5.56. The summed E-state index contributed by atoms with van der Waals surface area (Å²) < 4.78 is 0. The summed E-state index contributed by atoms with van der Waals surface area (Å²) in [7, 11) is 0. The summed E-state index contributed by atoms with van der Waals surface area (Å²) in [5.41, 5.74) is 16.7. The molecule has 12 nitrogen and oxygen atoms in total. The summed E-state index contributed by atoms with van der Waals surface area (Å²) in [4.78, 5) is 55.4. The number of carbonyl (C=O) groups is 4. The summed E-state index contributed by atoms with van der Waals surface area (Å²) >= 11 is 0. The largest absolute Gasteiger partial charge is 0.508 e. The molecule has 0 radical (unpaired) electrons. The highest BCUT2D eigenvalue weighted by Crippen LogP contribution is 2.18. The molecule has 0 saturated carbocycles. The van der Waals surface area contributed by atoms with Gasteiger partial charge >= 0.3 is 0 Å². The van der Waals surface area contributed by atoms with Gasteiger partial charge in [0.05, 0.1) is 12.6 Å². The van der Waals surface area contributed by atoms with Crippen LogP contribution in [0.3, 0.4) is 0 Å². The molecule has 192 valence electrons. The van der Waals surface area contributed by atoms with Crippen LogP contribution in [0.2, 0.25) is 0 Å². The molecule has 0 aliphatic carbocycles. The van der Waals surface area contributed by atoms with Gasteiger partial charge in [0.25, 0.3) is 0 Å². The highest BCUT2D eigenvalue weighted by molar-refractivity contribution is 5.90. The maximum Gasteiger partial charge on any atom is 0.245 e. The zero-order valence-electron chi connectivity index (χ0n) is 19.7. The quantitative estimate of drug-likeness (QED) is 0.150. The molecule has 1 fully saturated rings. The number of primary amides is 1. The van der Waals surface area contributed by atoms with Crippen molar-refractivity contribution in [1.29, 1.82) is 0 Å². The minimum atomic E-state index is -0.918. The van der Waals surface area contributed by atoms with Crippen LogP contribution in [0.4, 0.5) is 0 Å². The van der Waals surface area contributed by atoms with Crippen LogP contribution in [-0.4, -0.2) is 71.3 Å². The molecule has 9 N–H and O–H groups in total. The lowest BCUT2D eigenvalue weighted by Crippen LogP contribution is -2.54. The van der Waals surface area contributed by atoms with E-state index in [-0.39, 0.29) is 62.3 Å². The fraction of sp³-hybridized carbons (Fsp3) is 0.522. The fourth-order valence-electron chi connectivity index (χ4n) is 3.92. The van der Waals surface area contributed by atoms with Crippen LogP contribution in [0.5, 0.6) is 5.75 Å². The summed E-state index contributed by atoms with van der Waals surface area (Å²) in [6, 6.07) is 5.17. The molecule has 2 atom stereocenters. The number of rotatable bonds is 8. The standard InChI is InChI=1S/C23H35N7O5/c24-19(32)14-30-13-16(12-15-6-1-2-8-18(15)31)28-20(33)9-3-4-10-21(34)29-17(22(30)35)7-5-11-27-23(25)26/h1-2,6,8,16-17,31H,3-5,7,9-14H2,(H2,24,32)(H,28,33)(H,29,34)(H4,25,26,27). The Bertz CT molecular complexity index is 933. The number of nitrogens with one attached hydrogen (secondary N) is 2. The normalized spacial score (nSPS) is 20.0. The van der Waals surface area contributed by atoms with Crippen molar-refractivity contribution in [3.63, 3.8) is 0 Å². The first-order chi connectivity index (χ1) is 16.7. The number of aromatic hydroxyl groups is 1. The summed E-state index contributed by atoms with van der Waals surface area (Å²) in [5.74, 6) is -1.82. The lowest BCUT2D eigenvalue weighted by atomic mass is 10.0. The van der Waals surface area contributed by atoms with Gasteiger partial charge in [-0.1, -0.05) is 18.2 Å². The molecule has 1 aliphatic rings. The molecule has 2 rings (SSSR count). The van der Waals surface area contributed by atoms with Gasteiger partial charge < -0.3 is 37.8 Å². The van der Waals surface area contributed by atoms with Gasteiger partial charge in [-0.2, -0.15) is 0 Å². The van der Waals surface area contributed by atoms with E-state index in [2.05, 4.69) is 15.6 Å². The number of hydrogen-bond acceptors (Lipinski definition) is 6. The Hall–Kier alpha value is -3.83. The second-order valence-corrected chi connectivity index (χ2v) is 8.56. The maximum absolute atomic E-state index is 13.5. The van der Waals surface area contributed by atoms with Crippen molar-refractivity contribution in [2.24, 2.45) is 22.2 Å². The predicted octanol–water partition coefficient (Wildman–Crippen LogP) is -1.15. The Kier molecular flexibility index (Phi) is 10.8. The topological polar surface area (TPSA) is 206 Å². The smallest absolute Gasteiger partial charge is 0.245 e. The Morgan fingerprint density at radius 1 is 1.06 bits per heavy atom. The second kappa shape index (κ2) is 13.8. The number of nitrogens with zero attached hydrogens (tertiary/aromatic N) is 2. The summed E-state index contributed by atoms with van der Waals surface area (Å²) in [6.07, 6.45) is 2.21. The highest BCUT2D eigenvalue weighted by atomic mass is 16.3. The lowest BCUT2D eigenvalue weighted by molar-refractivity contribution is -0.139. The molecule has 4 amide bonds. The average molecular weight is 490 g/mol. The Morgan fingerprint density at radius 2 is 1.71 bits per heavy atom. The number of para-hydroxylation sites is 1. The van der Waals surface area contributed by atoms with Gasteiger partial charge in [0.1, 0.15) is 11.8 Å². The number of hydrogen-bond donors (Lipinski definition) is 6. The van der Waals surface area contributed by atoms with E-state index in [1.807, 2.05) is 0 Å². The zero-order valence-corrected chi connectivity index (χ0v) is 19.7. The second-order valence-electron chi connectivity index (χ2n) is 8.56. The maximum atomic E-state index is 13.5. The van der Waals surface area contributed by atoms with Gasteiger partial charge in [0, 0.05) is 25.9 Å². The van der Waals surface area contributed by atoms with Crippen molar-refractivity contribution in [1.82, 2.24) is 15.5 Å². The van der Waals surface area contributed by atoms with E-state index in [4.69, 9.17) is 17.2 Å². The summed E-state index contributed by atoms with van der Waals surface area (Å²) in [6.45, 7) is -0.169. The van der Waals surface area contributed by atoms with E-state index in [1.165, 1.54) is 11.0 Å². The van der Waals surface area contributed by atoms with Crippen molar-refractivity contribution < 1.29 is 24.3 Å². The van der Waals surface area contributed by atoms with Crippen molar-refractivity contribution in [2.45, 2.75) is 57.0 Å². The van der Waals surface area contributed by atoms with Crippen LogP contribution in [0, 0.1) is 0 Å². The SMILES string of the molecule is NC(=O)CN1CC(Cc2ccccc2O)NC(=O)CCCCC(=O)NC(CCCN=C(N)N)C1=O. The van der Waals surface area contributed by atoms with Crippen molar-refractivity contribution in [3.05, 3.63) is 29.8 Å². The van der Waals surface area contributed by atoms with Crippen LogP contribution in [-0.2, 0) is 25.6 Å². The van der Waals surface area contributed by atoms with Gasteiger partial charge in [0.15, 0.2) is 5.96 Å². The highest BCUT2D eigenvalue weighted by Gasteiger charge is 2.29. The molecule has 1 saturated heterocycles. The Balaban J connectivity index is 2.32. The van der Waals surface area contributed by atoms with Gasteiger partial charge in [-0.05, 0) is 43.7 Å². The van der Waals surface area contributed by atoms with Gasteiger partial charge in [-0.3, -0.25) is 24.2 Å². The number of carbonyl (C=O) groups excluding carboxylic acids is 4. The van der Waals surface area contributed by atoms with Crippen LogP contribution in [0.25, 0.3) is 0 Å². The van der Waals surface area contributed by atoms with E-state index >= 15 is 0 Å². The zero-order chi connectivity index (χ0) is 25.8. The van der Waals surface area contributed by atoms with Gasteiger partial charge in [-0.15, -0.1) is 0 Å². The van der Waals surface area contributed by atoms with E-state index in [0.29, 0.717) is 24.8 Å². The molecule has 0 aromatic heterocycles. The number of nitrogens with two attached hydrogens (primary N) is 3. The van der Waals surface area contributed by atoms with Crippen molar-refractivity contribution in [3.8, 4) is 5.75 Å². The third-order valence-corrected chi connectivity index (χ3v) is 5.56. The molecule has 0 bridgehead atoms. The van der Waals surface area contributed by atoms with Crippen LogP contribution in [0.1, 0.15) is 44.1 Å². The molecule has 1 aromatic carbocycles.